The number of aryl methyl sites for hydroxylation is 1. The van der Waals surface area contributed by atoms with Crippen LogP contribution in [0.5, 0.6) is 5.75 Å². The van der Waals surface area contributed by atoms with Crippen LogP contribution in [-0.4, -0.2) is 32.6 Å². The van der Waals surface area contributed by atoms with Crippen molar-refractivity contribution in [1.82, 2.24) is 10.6 Å². The predicted molar refractivity (Wildman–Crippen MR) is 124 cm³/mol. The number of hydrogen-bond donors (Lipinski definition) is 3. The first-order chi connectivity index (χ1) is 12.5. The second-order valence-electron chi connectivity index (χ2n) is 5.64. The lowest BCUT2D eigenvalue weighted by Gasteiger charge is -2.13. The number of carbonyl (C=O) groups is 1. The number of nitrogens with one attached hydrogen (secondary N) is 3. The highest BCUT2D eigenvalue weighted by atomic mass is 127. The monoisotopic (exact) mass is 546 g/mol. The van der Waals surface area contributed by atoms with Gasteiger partial charge in [0.2, 0.25) is 5.91 Å². The van der Waals surface area contributed by atoms with Gasteiger partial charge in [-0.05, 0) is 42.3 Å². The number of hydrogen-bond acceptors (Lipinski definition) is 3. The number of aliphatic imine (C=N–C) groups is 1. The van der Waals surface area contributed by atoms with Crippen LogP contribution in [0.3, 0.4) is 0 Å². The van der Waals surface area contributed by atoms with Crippen LogP contribution >= 0.6 is 39.9 Å². The summed E-state index contributed by atoms with van der Waals surface area (Å²) < 4.78 is 6.13. The van der Waals surface area contributed by atoms with Crippen LogP contribution in [0.1, 0.15) is 11.1 Å². The van der Waals surface area contributed by atoms with Gasteiger partial charge in [-0.15, -0.1) is 24.0 Å². The summed E-state index contributed by atoms with van der Waals surface area (Å²) in [5.41, 5.74) is 2.84. The molecule has 0 aliphatic carbocycles. The van der Waals surface area contributed by atoms with Gasteiger partial charge in [-0.3, -0.25) is 9.79 Å². The number of rotatable bonds is 6. The highest BCUT2D eigenvalue weighted by molar-refractivity contribution is 14.0. The molecule has 0 bridgehead atoms. The van der Waals surface area contributed by atoms with Gasteiger partial charge in [0.25, 0.3) is 0 Å². The average molecular weight is 547 g/mol. The van der Waals surface area contributed by atoms with Gasteiger partial charge in [0.15, 0.2) is 5.96 Å². The van der Waals surface area contributed by atoms with Crippen LogP contribution in [0.15, 0.2) is 51.9 Å². The van der Waals surface area contributed by atoms with E-state index in [9.17, 15) is 4.79 Å². The summed E-state index contributed by atoms with van der Waals surface area (Å²) in [6.07, 6.45) is 0. The fraction of sp³-hybridized carbons (Fsp3) is 0.263. The summed E-state index contributed by atoms with van der Waals surface area (Å²) in [4.78, 5) is 16.3. The molecule has 0 atom stereocenters. The summed E-state index contributed by atoms with van der Waals surface area (Å²) in [6.45, 7) is 2.64. The molecule has 27 heavy (non-hydrogen) atoms. The minimum Gasteiger partial charge on any atom is -0.497 e. The minimum atomic E-state index is -0.143. The molecule has 6 nitrogen and oxygen atoms in total. The van der Waals surface area contributed by atoms with Crippen molar-refractivity contribution in [2.45, 2.75) is 13.5 Å². The zero-order valence-electron chi connectivity index (χ0n) is 15.5. The fourth-order valence-corrected chi connectivity index (χ4v) is 2.64. The van der Waals surface area contributed by atoms with Gasteiger partial charge in [0.05, 0.1) is 13.7 Å². The number of carbonyl (C=O) groups excluding carboxylic acids is 1. The third-order valence-electron chi connectivity index (χ3n) is 3.71. The summed E-state index contributed by atoms with van der Waals surface area (Å²) in [5.74, 6) is 1.21. The van der Waals surface area contributed by atoms with Gasteiger partial charge in [-0.25, -0.2) is 0 Å². The molecule has 0 saturated heterocycles. The van der Waals surface area contributed by atoms with E-state index in [1.165, 1.54) is 0 Å². The van der Waals surface area contributed by atoms with Crippen LogP contribution in [0.25, 0.3) is 0 Å². The lowest BCUT2D eigenvalue weighted by Crippen LogP contribution is -2.41. The third-order valence-corrected chi connectivity index (χ3v) is 4.20. The highest BCUT2D eigenvalue weighted by Gasteiger charge is 2.07. The Morgan fingerprint density at radius 1 is 1.19 bits per heavy atom. The molecular formula is C19H24BrIN4O2. The normalized spacial score (nSPS) is 10.6. The van der Waals surface area contributed by atoms with Gasteiger partial charge in [0.1, 0.15) is 5.75 Å². The number of guanidine groups is 1. The molecule has 2 rings (SSSR count). The van der Waals surface area contributed by atoms with E-state index in [0.717, 1.165) is 27.0 Å². The second-order valence-corrected chi connectivity index (χ2v) is 6.55. The molecule has 3 N–H and O–H groups in total. The van der Waals surface area contributed by atoms with E-state index < -0.39 is 0 Å². The predicted octanol–water partition coefficient (Wildman–Crippen LogP) is 3.69. The summed E-state index contributed by atoms with van der Waals surface area (Å²) in [6, 6.07) is 13.5. The number of methoxy groups -OCH3 is 1. The topological polar surface area (TPSA) is 74.8 Å². The third kappa shape index (κ3) is 7.76. The highest BCUT2D eigenvalue weighted by Crippen LogP contribution is 2.20. The average Bonchev–Trinajstić information content (AvgIpc) is 2.65. The molecule has 0 spiro atoms. The van der Waals surface area contributed by atoms with Crippen molar-refractivity contribution in [1.29, 1.82) is 0 Å². The Balaban J connectivity index is 0.00000364. The van der Waals surface area contributed by atoms with Crippen LogP contribution in [0.4, 0.5) is 5.69 Å². The van der Waals surface area contributed by atoms with Crippen LogP contribution < -0.4 is 20.7 Å². The Kier molecular flexibility index (Phi) is 10.2. The molecule has 0 fully saturated rings. The molecule has 0 radical (unpaired) electrons. The first-order valence-electron chi connectivity index (χ1n) is 8.15. The standard InChI is InChI=1S/C19H23BrN4O2.HI/c1-13-7-8-15(20)10-17(13)24-18(25)12-23-19(21-2)22-11-14-5-4-6-16(9-14)26-3;/h4-10H,11-12H2,1-3H3,(H,24,25)(H2,21,22,23);1H. The smallest absolute Gasteiger partial charge is 0.243 e. The maximum absolute atomic E-state index is 12.2. The second kappa shape index (κ2) is 11.8. The fourth-order valence-electron chi connectivity index (χ4n) is 2.28. The molecule has 2 aromatic rings. The molecule has 0 aliphatic heterocycles. The van der Waals surface area contributed by atoms with Crippen molar-refractivity contribution in [3.63, 3.8) is 0 Å². The van der Waals surface area contributed by atoms with E-state index in [0.29, 0.717) is 12.5 Å². The molecule has 0 aliphatic rings. The molecule has 0 saturated carbocycles. The van der Waals surface area contributed by atoms with E-state index in [4.69, 9.17) is 4.74 Å². The van der Waals surface area contributed by atoms with Crippen molar-refractivity contribution >= 4 is 57.5 Å². The minimum absolute atomic E-state index is 0. The zero-order chi connectivity index (χ0) is 18.9. The first-order valence-corrected chi connectivity index (χ1v) is 8.94. The number of anilines is 1. The molecule has 8 heteroatoms. The first kappa shape index (κ1) is 23.2. The Hall–Kier alpha value is -1.81. The van der Waals surface area contributed by atoms with E-state index >= 15 is 0 Å². The lowest BCUT2D eigenvalue weighted by molar-refractivity contribution is -0.115. The Morgan fingerprint density at radius 2 is 1.96 bits per heavy atom. The van der Waals surface area contributed by atoms with Gasteiger partial charge >= 0.3 is 0 Å². The van der Waals surface area contributed by atoms with Crippen LogP contribution in [-0.2, 0) is 11.3 Å². The van der Waals surface area contributed by atoms with Gasteiger partial charge in [-0.1, -0.05) is 34.1 Å². The molecule has 0 aromatic heterocycles. The molecule has 0 heterocycles. The quantitative estimate of drug-likeness (QED) is 0.293. The number of benzene rings is 2. The van der Waals surface area contributed by atoms with Crippen LogP contribution in [0.2, 0.25) is 0 Å². The number of amides is 1. The van der Waals surface area contributed by atoms with Crippen LogP contribution in [0, 0.1) is 6.92 Å². The Bertz CT molecular complexity index is 799. The van der Waals surface area contributed by atoms with Gasteiger partial charge < -0.3 is 20.7 Å². The Labute approximate surface area is 185 Å². The summed E-state index contributed by atoms with van der Waals surface area (Å²) in [5, 5.41) is 9.07. The van der Waals surface area contributed by atoms with Gasteiger partial charge in [0, 0.05) is 23.8 Å². The van der Waals surface area contributed by atoms with Crippen molar-refractivity contribution in [2.24, 2.45) is 4.99 Å². The molecular weight excluding hydrogens is 523 g/mol. The zero-order valence-corrected chi connectivity index (χ0v) is 19.4. The van der Waals surface area contributed by atoms with Crippen molar-refractivity contribution in [3.8, 4) is 5.75 Å². The maximum atomic E-state index is 12.2. The Morgan fingerprint density at radius 3 is 2.67 bits per heavy atom. The number of halogens is 2. The number of ether oxygens (including phenoxy) is 1. The van der Waals surface area contributed by atoms with Crippen molar-refractivity contribution < 1.29 is 9.53 Å². The lowest BCUT2D eigenvalue weighted by atomic mass is 10.2. The van der Waals surface area contributed by atoms with E-state index in [1.807, 2.05) is 49.4 Å². The van der Waals surface area contributed by atoms with E-state index in [1.54, 1.807) is 14.2 Å². The van der Waals surface area contributed by atoms with Gasteiger partial charge in [-0.2, -0.15) is 0 Å². The van der Waals surface area contributed by atoms with E-state index in [-0.39, 0.29) is 36.4 Å². The van der Waals surface area contributed by atoms with Crippen molar-refractivity contribution in [2.75, 3.05) is 26.0 Å². The summed E-state index contributed by atoms with van der Waals surface area (Å²) in [7, 11) is 3.30. The van der Waals surface area contributed by atoms with E-state index in [2.05, 4.69) is 36.9 Å². The molecule has 2 aromatic carbocycles. The van der Waals surface area contributed by atoms with Crippen molar-refractivity contribution in [3.05, 3.63) is 58.1 Å². The SMILES string of the molecule is CN=C(NCC(=O)Nc1cc(Br)ccc1C)NCc1cccc(OC)c1.I. The molecule has 1 amide bonds. The maximum Gasteiger partial charge on any atom is 0.243 e. The number of nitrogens with zero attached hydrogens (tertiary/aromatic N) is 1. The largest absolute Gasteiger partial charge is 0.497 e. The molecule has 146 valence electrons. The summed E-state index contributed by atoms with van der Waals surface area (Å²) >= 11 is 3.41. The molecule has 0 unspecified atom stereocenters.